The third kappa shape index (κ3) is 3.19. The van der Waals surface area contributed by atoms with Gasteiger partial charge in [0.1, 0.15) is 0 Å². The fraction of sp³-hybridized carbons (Fsp3) is 0.720. The highest BCUT2D eigenvalue weighted by atomic mass is 16.5. The Balaban J connectivity index is 1.77. The van der Waals surface area contributed by atoms with E-state index in [1.807, 2.05) is 6.92 Å². The van der Waals surface area contributed by atoms with Gasteiger partial charge in [0, 0.05) is 5.92 Å². The van der Waals surface area contributed by atoms with Gasteiger partial charge in [-0.3, -0.25) is 4.79 Å². The Morgan fingerprint density at radius 2 is 2.07 bits per heavy atom. The van der Waals surface area contributed by atoms with E-state index in [1.165, 1.54) is 5.57 Å². The van der Waals surface area contributed by atoms with Crippen LogP contribution in [0.5, 0.6) is 0 Å². The average molecular weight is 401 g/mol. The van der Waals surface area contributed by atoms with Crippen LogP contribution in [0.3, 0.4) is 0 Å². The molecule has 0 unspecified atom stereocenters. The molecular weight excluding hydrogens is 364 g/mol. The summed E-state index contributed by atoms with van der Waals surface area (Å²) in [5, 5.41) is 21.5. The summed E-state index contributed by atoms with van der Waals surface area (Å²) in [5.41, 5.74) is 2.59. The fourth-order valence-corrected chi connectivity index (χ4v) is 7.14. The van der Waals surface area contributed by atoms with Gasteiger partial charge in [0.15, 0.2) is 5.78 Å². The number of aliphatic hydroxyl groups is 2. The maximum absolute atomic E-state index is 12.7. The number of fused-ring (bicyclic) bond motifs is 3. The van der Waals surface area contributed by atoms with Crippen LogP contribution < -0.4 is 0 Å². The second kappa shape index (κ2) is 7.18. The fourth-order valence-electron chi connectivity index (χ4n) is 7.14. The maximum Gasteiger partial charge on any atom is 0.163 e. The minimum Gasteiger partial charge on any atom is -0.392 e. The third-order valence-electron chi connectivity index (χ3n) is 8.33. The molecule has 3 aliphatic carbocycles. The molecule has 0 radical (unpaired) electrons. The zero-order valence-electron chi connectivity index (χ0n) is 18.4. The number of carbonyl (C=O) groups is 1. The van der Waals surface area contributed by atoms with E-state index in [0.29, 0.717) is 11.5 Å². The molecule has 0 amide bonds. The summed E-state index contributed by atoms with van der Waals surface area (Å²) in [5.74, 6) is 0.189. The molecule has 4 rings (SSSR count). The lowest BCUT2D eigenvalue weighted by Gasteiger charge is -2.46. The highest BCUT2D eigenvalue weighted by molar-refractivity contribution is 5.97. The van der Waals surface area contributed by atoms with Crippen molar-refractivity contribution in [1.29, 1.82) is 0 Å². The number of carbonyl (C=O) groups excluding carboxylic acids is 1. The van der Waals surface area contributed by atoms with Crippen molar-refractivity contribution in [1.82, 2.24) is 0 Å². The number of hydrogen-bond acceptors (Lipinski definition) is 4. The first-order valence-electron chi connectivity index (χ1n) is 11.2. The summed E-state index contributed by atoms with van der Waals surface area (Å²) < 4.78 is 6.75. The third-order valence-corrected chi connectivity index (χ3v) is 8.33. The molecule has 29 heavy (non-hydrogen) atoms. The zero-order chi connectivity index (χ0) is 21.1. The standard InChI is InChI=1S/C25H36O4/c1-14(2)8-18-10-16(4)25(29-18)7-6-24(5)12-19-15(3)9-20(27)22(19)17(13-26)11-21(28)23(24)25/h8-9,11,16,18-19,21-23,26,28H,6-7,10,12-13H2,1-5H3/t16-,18-,19+,21-,22-,23+,24+,25-/m0/s1. The smallest absolute Gasteiger partial charge is 0.163 e. The Morgan fingerprint density at radius 3 is 2.72 bits per heavy atom. The molecule has 4 heteroatoms. The summed E-state index contributed by atoms with van der Waals surface area (Å²) in [7, 11) is 0. The van der Waals surface area contributed by atoms with Crippen LogP contribution in [0.4, 0.5) is 0 Å². The second-order valence-electron chi connectivity index (χ2n) is 10.6. The summed E-state index contributed by atoms with van der Waals surface area (Å²) >= 11 is 0. The molecule has 1 spiro atoms. The van der Waals surface area contributed by atoms with Gasteiger partial charge >= 0.3 is 0 Å². The van der Waals surface area contributed by atoms with E-state index >= 15 is 0 Å². The van der Waals surface area contributed by atoms with E-state index in [1.54, 1.807) is 12.2 Å². The van der Waals surface area contributed by atoms with Crippen LogP contribution in [0.1, 0.15) is 60.3 Å². The molecule has 160 valence electrons. The molecule has 2 fully saturated rings. The molecule has 0 aromatic carbocycles. The van der Waals surface area contributed by atoms with Crippen molar-refractivity contribution >= 4 is 5.78 Å². The van der Waals surface area contributed by atoms with Crippen molar-refractivity contribution in [3.8, 4) is 0 Å². The van der Waals surface area contributed by atoms with Crippen molar-refractivity contribution in [2.24, 2.45) is 29.1 Å². The Hall–Kier alpha value is -1.23. The van der Waals surface area contributed by atoms with Crippen LogP contribution >= 0.6 is 0 Å². The first-order valence-corrected chi connectivity index (χ1v) is 11.2. The molecule has 1 saturated heterocycles. The van der Waals surface area contributed by atoms with Crippen molar-refractivity contribution in [2.45, 2.75) is 78.1 Å². The Morgan fingerprint density at radius 1 is 1.34 bits per heavy atom. The predicted octanol–water partition coefficient (Wildman–Crippen LogP) is 3.98. The van der Waals surface area contributed by atoms with Crippen LogP contribution in [0.2, 0.25) is 0 Å². The van der Waals surface area contributed by atoms with Gasteiger partial charge in [-0.25, -0.2) is 0 Å². The van der Waals surface area contributed by atoms with Crippen LogP contribution in [0.15, 0.2) is 34.9 Å². The Kier molecular flexibility index (Phi) is 5.20. The molecule has 0 bridgehead atoms. The number of rotatable bonds is 2. The highest BCUT2D eigenvalue weighted by Gasteiger charge is 2.64. The highest BCUT2D eigenvalue weighted by Crippen LogP contribution is 2.63. The van der Waals surface area contributed by atoms with Gasteiger partial charge in [-0.05, 0) is 75.4 Å². The minimum absolute atomic E-state index is 0.0356. The van der Waals surface area contributed by atoms with Gasteiger partial charge < -0.3 is 14.9 Å². The monoisotopic (exact) mass is 400 g/mol. The van der Waals surface area contributed by atoms with Crippen LogP contribution in [-0.2, 0) is 9.53 Å². The van der Waals surface area contributed by atoms with E-state index in [2.05, 4.69) is 33.8 Å². The Labute approximate surface area is 174 Å². The molecule has 1 aliphatic heterocycles. The van der Waals surface area contributed by atoms with E-state index in [4.69, 9.17) is 4.74 Å². The maximum atomic E-state index is 12.7. The number of ether oxygens (including phenoxy) is 1. The number of hydrogen-bond donors (Lipinski definition) is 2. The van der Waals surface area contributed by atoms with E-state index in [0.717, 1.165) is 31.3 Å². The molecule has 1 saturated carbocycles. The molecule has 4 aliphatic rings. The number of ketones is 1. The van der Waals surface area contributed by atoms with Crippen LogP contribution in [-0.4, -0.2) is 40.4 Å². The van der Waals surface area contributed by atoms with Gasteiger partial charge in [-0.15, -0.1) is 0 Å². The van der Waals surface area contributed by atoms with Crippen LogP contribution in [0.25, 0.3) is 0 Å². The van der Waals surface area contributed by atoms with Gasteiger partial charge in [0.25, 0.3) is 0 Å². The summed E-state index contributed by atoms with van der Waals surface area (Å²) in [6, 6.07) is 0. The molecule has 2 N–H and O–H groups in total. The molecule has 8 atom stereocenters. The second-order valence-corrected chi connectivity index (χ2v) is 10.6. The van der Waals surface area contributed by atoms with E-state index < -0.39 is 6.10 Å². The first-order chi connectivity index (χ1) is 13.6. The van der Waals surface area contributed by atoms with Gasteiger partial charge in [-0.1, -0.05) is 37.1 Å². The van der Waals surface area contributed by atoms with Gasteiger partial charge in [-0.2, -0.15) is 0 Å². The number of aliphatic hydroxyl groups excluding tert-OH is 2. The molecule has 0 aromatic rings. The predicted molar refractivity (Wildman–Crippen MR) is 113 cm³/mol. The quantitative estimate of drug-likeness (QED) is 0.688. The van der Waals surface area contributed by atoms with Crippen molar-refractivity contribution in [3.63, 3.8) is 0 Å². The van der Waals surface area contributed by atoms with Crippen LogP contribution in [0, 0.1) is 29.1 Å². The normalized spacial score (nSPS) is 46.7. The molecular formula is C25H36O4. The topological polar surface area (TPSA) is 66.8 Å². The van der Waals surface area contributed by atoms with E-state index in [-0.39, 0.29) is 47.3 Å². The zero-order valence-corrected chi connectivity index (χ0v) is 18.4. The largest absolute Gasteiger partial charge is 0.392 e. The SMILES string of the molecule is CC(C)=C[C@H]1C[C@H](C)[C@]2(CC[C@]3(C)C[C@@H]4C(C)=CC(=O)[C@H]4C(CO)=C[C@H](O)[C@H]32)O1. The van der Waals surface area contributed by atoms with Gasteiger partial charge in [0.2, 0.25) is 0 Å². The van der Waals surface area contributed by atoms with E-state index in [9.17, 15) is 15.0 Å². The molecule has 0 aromatic heterocycles. The van der Waals surface area contributed by atoms with Crippen molar-refractivity contribution in [3.05, 3.63) is 34.9 Å². The minimum atomic E-state index is -0.716. The summed E-state index contributed by atoms with van der Waals surface area (Å²) in [6.45, 7) is 10.6. The molecule has 1 heterocycles. The molecule has 4 nitrogen and oxygen atoms in total. The Bertz CT molecular complexity index is 789. The lowest BCUT2D eigenvalue weighted by Crippen LogP contribution is -2.50. The van der Waals surface area contributed by atoms with Gasteiger partial charge in [0.05, 0.1) is 30.3 Å². The number of allylic oxidation sites excluding steroid dienone is 3. The van der Waals surface area contributed by atoms with Crippen molar-refractivity contribution in [2.75, 3.05) is 6.61 Å². The summed E-state index contributed by atoms with van der Waals surface area (Å²) in [6.07, 6.45) is 8.90. The average Bonchev–Trinajstić information content (AvgIpc) is 3.17. The first kappa shape index (κ1) is 21.0. The van der Waals surface area contributed by atoms with Crippen molar-refractivity contribution < 1.29 is 19.7 Å². The lowest BCUT2D eigenvalue weighted by atomic mass is 9.61. The lowest BCUT2D eigenvalue weighted by molar-refractivity contribution is -0.123. The summed E-state index contributed by atoms with van der Waals surface area (Å²) in [4.78, 5) is 12.7.